The van der Waals surface area contributed by atoms with E-state index in [1.165, 1.54) is 25.5 Å². The Morgan fingerprint density at radius 1 is 1.36 bits per heavy atom. The van der Waals surface area contributed by atoms with Crippen LogP contribution in [0.3, 0.4) is 0 Å². The lowest BCUT2D eigenvalue weighted by Gasteiger charge is -2.30. The molecule has 0 aromatic heterocycles. The van der Waals surface area contributed by atoms with Crippen LogP contribution in [0.5, 0.6) is 0 Å². The van der Waals surface area contributed by atoms with Gasteiger partial charge in [-0.1, -0.05) is 13.8 Å². The lowest BCUT2D eigenvalue weighted by Crippen LogP contribution is -2.36. The Balaban J connectivity index is 1.70. The molecule has 6 N–H and O–H groups in total. The molecule has 0 aromatic carbocycles. The van der Waals surface area contributed by atoms with Crippen molar-refractivity contribution in [2.75, 3.05) is 0 Å². The topological polar surface area (TPSA) is 98.3 Å². The van der Waals surface area contributed by atoms with Crippen molar-refractivity contribution in [1.82, 2.24) is 16.0 Å². The van der Waals surface area contributed by atoms with Crippen LogP contribution < -0.4 is 21.7 Å². The van der Waals surface area contributed by atoms with Gasteiger partial charge in [0.15, 0.2) is 0 Å². The number of hydrogen-bond donors (Lipinski definition) is 5. The van der Waals surface area contributed by atoms with E-state index < -0.39 is 0 Å². The fourth-order valence-corrected chi connectivity index (χ4v) is 2.75. The number of hydrogen-bond acceptors (Lipinski definition) is 5. The molecule has 3 rings (SSSR count). The number of nitrogens with zero attached hydrogens (tertiary/aromatic N) is 1. The predicted octanol–water partition coefficient (Wildman–Crippen LogP) is 2.37. The minimum absolute atomic E-state index is 0.238. The Bertz CT molecular complexity index is 729. The molecule has 3 aliphatic rings. The van der Waals surface area contributed by atoms with E-state index >= 15 is 0 Å². The zero-order valence-electron chi connectivity index (χ0n) is 14.8. The van der Waals surface area contributed by atoms with Crippen LogP contribution in [0.4, 0.5) is 0 Å². The summed E-state index contributed by atoms with van der Waals surface area (Å²) in [7, 11) is 0. The van der Waals surface area contributed by atoms with Crippen molar-refractivity contribution >= 4 is 12.1 Å². The van der Waals surface area contributed by atoms with Crippen molar-refractivity contribution in [1.29, 1.82) is 5.41 Å². The molecule has 1 aliphatic carbocycles. The molecule has 0 bridgehead atoms. The van der Waals surface area contributed by atoms with Crippen LogP contribution in [-0.4, -0.2) is 18.1 Å². The van der Waals surface area contributed by atoms with E-state index in [9.17, 15) is 0 Å². The summed E-state index contributed by atoms with van der Waals surface area (Å²) in [5.74, 6) is 1.31. The largest absolute Gasteiger partial charge is 0.384 e. The van der Waals surface area contributed by atoms with E-state index in [0.29, 0.717) is 17.7 Å². The van der Waals surface area contributed by atoms with Crippen molar-refractivity contribution in [2.45, 2.75) is 39.2 Å². The van der Waals surface area contributed by atoms with Crippen LogP contribution >= 0.6 is 0 Å². The van der Waals surface area contributed by atoms with Gasteiger partial charge in [-0.2, -0.15) is 0 Å². The third-order valence-corrected chi connectivity index (χ3v) is 4.52. The number of rotatable bonds is 6. The first-order chi connectivity index (χ1) is 12.0. The van der Waals surface area contributed by atoms with Gasteiger partial charge in [-0.25, -0.2) is 4.99 Å². The van der Waals surface area contributed by atoms with Crippen LogP contribution in [0.1, 0.15) is 33.1 Å². The molecule has 6 heteroatoms. The summed E-state index contributed by atoms with van der Waals surface area (Å²) in [6.07, 6.45) is 14.8. The molecule has 25 heavy (non-hydrogen) atoms. The molecule has 1 saturated carbocycles. The molecular formula is C19H26N6. The van der Waals surface area contributed by atoms with Gasteiger partial charge in [0.1, 0.15) is 11.7 Å². The summed E-state index contributed by atoms with van der Waals surface area (Å²) < 4.78 is 0. The van der Waals surface area contributed by atoms with Gasteiger partial charge in [-0.05, 0) is 55.1 Å². The molecule has 2 aliphatic heterocycles. The second-order valence-electron chi connectivity index (χ2n) is 6.81. The monoisotopic (exact) mass is 338 g/mol. The molecule has 0 amide bonds. The van der Waals surface area contributed by atoms with Gasteiger partial charge < -0.3 is 27.1 Å². The van der Waals surface area contributed by atoms with E-state index in [2.05, 4.69) is 27.0 Å². The summed E-state index contributed by atoms with van der Waals surface area (Å²) in [5, 5.41) is 17.6. The summed E-state index contributed by atoms with van der Waals surface area (Å²) in [6, 6.07) is 0.586. The number of nitrogens with two attached hydrogens (primary N) is 1. The smallest absolute Gasteiger partial charge is 0.132 e. The van der Waals surface area contributed by atoms with Gasteiger partial charge in [0, 0.05) is 18.5 Å². The first kappa shape index (κ1) is 17.1. The van der Waals surface area contributed by atoms with Crippen molar-refractivity contribution in [2.24, 2.45) is 16.6 Å². The number of fused-ring (bicyclic) bond motifs is 1. The molecular weight excluding hydrogens is 312 g/mol. The Kier molecular flexibility index (Phi) is 5.07. The van der Waals surface area contributed by atoms with Gasteiger partial charge in [-0.15, -0.1) is 0 Å². The number of nitrogens with one attached hydrogen (secondary N) is 4. The molecule has 1 fully saturated rings. The van der Waals surface area contributed by atoms with Crippen molar-refractivity contribution < 1.29 is 0 Å². The highest BCUT2D eigenvalue weighted by molar-refractivity contribution is 5.97. The summed E-state index contributed by atoms with van der Waals surface area (Å²) in [4.78, 5) is 4.42. The summed E-state index contributed by atoms with van der Waals surface area (Å²) in [6.45, 7) is 4.05. The van der Waals surface area contributed by atoms with Crippen LogP contribution in [0.25, 0.3) is 0 Å². The molecule has 0 saturated heterocycles. The number of dihydropyridines is 2. The third-order valence-electron chi connectivity index (χ3n) is 4.52. The second-order valence-corrected chi connectivity index (χ2v) is 6.81. The Hall–Kier alpha value is -2.76. The summed E-state index contributed by atoms with van der Waals surface area (Å²) in [5.41, 5.74) is 9.92. The highest BCUT2D eigenvalue weighted by Crippen LogP contribution is 2.23. The van der Waals surface area contributed by atoms with Crippen LogP contribution in [0.2, 0.25) is 0 Å². The average Bonchev–Trinajstić information content (AvgIpc) is 2.55. The van der Waals surface area contributed by atoms with Gasteiger partial charge in [0.05, 0.1) is 17.1 Å². The zero-order valence-corrected chi connectivity index (χ0v) is 14.8. The fraction of sp³-hybridized carbons (Fsp3) is 0.368. The Morgan fingerprint density at radius 3 is 2.80 bits per heavy atom. The highest BCUT2D eigenvalue weighted by Gasteiger charge is 2.20. The second kappa shape index (κ2) is 7.42. The van der Waals surface area contributed by atoms with Crippen molar-refractivity contribution in [3.05, 3.63) is 59.0 Å². The average molecular weight is 338 g/mol. The SMILES string of the molecule is CC(C)C(C=N)=CC(N)=NC1=CC=C2NC=C(NC3CCC3)C=C2N1. The normalized spacial score (nSPS) is 20.9. The molecule has 0 aromatic rings. The fourth-order valence-electron chi connectivity index (χ4n) is 2.75. The number of amidine groups is 1. The molecule has 6 nitrogen and oxygen atoms in total. The summed E-state index contributed by atoms with van der Waals surface area (Å²) >= 11 is 0. The van der Waals surface area contributed by atoms with Gasteiger partial charge >= 0.3 is 0 Å². The van der Waals surface area contributed by atoms with E-state index in [1.54, 1.807) is 6.08 Å². The van der Waals surface area contributed by atoms with E-state index in [-0.39, 0.29) is 5.92 Å². The van der Waals surface area contributed by atoms with Crippen molar-refractivity contribution in [3.8, 4) is 0 Å². The maximum absolute atomic E-state index is 7.45. The van der Waals surface area contributed by atoms with Crippen LogP contribution in [0.15, 0.2) is 64.0 Å². The number of allylic oxidation sites excluding steroid dienone is 4. The standard InChI is InChI=1S/C19H26N6/c1-12(2)13(10-20)8-18(21)25-19-7-6-16-17(24-19)9-15(11-22-16)23-14-4-3-5-14/h6-12,14,20,22-24H,3-5H2,1-2H3,(H2,21,25). The molecule has 2 heterocycles. The highest BCUT2D eigenvalue weighted by atomic mass is 15.1. The van der Waals surface area contributed by atoms with E-state index in [1.807, 2.05) is 32.2 Å². The quantitative estimate of drug-likeness (QED) is 0.379. The first-order valence-corrected chi connectivity index (χ1v) is 8.75. The molecule has 0 spiro atoms. The molecule has 132 valence electrons. The Labute approximate surface area is 148 Å². The maximum atomic E-state index is 7.45. The van der Waals surface area contributed by atoms with Gasteiger partial charge in [0.2, 0.25) is 0 Å². The first-order valence-electron chi connectivity index (χ1n) is 8.75. The number of aliphatic imine (C=N–C) groups is 1. The zero-order chi connectivity index (χ0) is 17.8. The maximum Gasteiger partial charge on any atom is 0.132 e. The van der Waals surface area contributed by atoms with E-state index in [4.69, 9.17) is 11.1 Å². The third kappa shape index (κ3) is 4.21. The van der Waals surface area contributed by atoms with Crippen LogP contribution in [-0.2, 0) is 0 Å². The lowest BCUT2D eigenvalue weighted by molar-refractivity contribution is 0.366. The minimum atomic E-state index is 0.238. The Morgan fingerprint density at radius 2 is 2.16 bits per heavy atom. The molecule has 0 unspecified atom stereocenters. The minimum Gasteiger partial charge on any atom is -0.384 e. The van der Waals surface area contributed by atoms with Crippen molar-refractivity contribution in [3.63, 3.8) is 0 Å². The molecule has 0 radical (unpaired) electrons. The molecule has 0 atom stereocenters. The van der Waals surface area contributed by atoms with Gasteiger partial charge in [-0.3, -0.25) is 0 Å². The van der Waals surface area contributed by atoms with Crippen LogP contribution in [0, 0.1) is 11.3 Å². The lowest BCUT2D eigenvalue weighted by atomic mass is 9.93. The van der Waals surface area contributed by atoms with E-state index in [0.717, 1.165) is 22.7 Å². The van der Waals surface area contributed by atoms with Gasteiger partial charge in [0.25, 0.3) is 0 Å². The predicted molar refractivity (Wildman–Crippen MR) is 103 cm³/mol.